The first kappa shape index (κ1) is 8.62. The first-order valence-electron chi connectivity index (χ1n) is 4.15. The van der Waals surface area contributed by atoms with Gasteiger partial charge in [-0.3, -0.25) is 4.79 Å². The Morgan fingerprint density at radius 3 is 2.93 bits per heavy atom. The molecule has 0 atom stereocenters. The lowest BCUT2D eigenvalue weighted by molar-refractivity contribution is -0.136. The zero-order valence-corrected chi connectivity index (χ0v) is 7.36. The number of carboxylic acids is 1. The predicted octanol–water partition coefficient (Wildman–Crippen LogP) is 1.64. The molecule has 4 heteroatoms. The van der Waals surface area contributed by atoms with Crippen LogP contribution in [0.2, 0.25) is 0 Å². The van der Waals surface area contributed by atoms with Gasteiger partial charge in [-0.15, -0.1) is 0 Å². The molecule has 0 aliphatic carbocycles. The Morgan fingerprint density at radius 2 is 2.21 bits per heavy atom. The van der Waals surface area contributed by atoms with Gasteiger partial charge in [0.2, 0.25) is 0 Å². The number of nitrogens with two attached hydrogens (primary N) is 1. The fourth-order valence-electron chi connectivity index (χ4n) is 1.34. The van der Waals surface area contributed by atoms with Crippen molar-refractivity contribution in [2.24, 2.45) is 0 Å². The Balaban J connectivity index is 2.46. The summed E-state index contributed by atoms with van der Waals surface area (Å²) in [6.45, 7) is 0. The van der Waals surface area contributed by atoms with Gasteiger partial charge in [0.25, 0.3) is 0 Å². The molecule has 1 heterocycles. The van der Waals surface area contributed by atoms with Gasteiger partial charge in [-0.1, -0.05) is 0 Å². The molecular formula is C10H9NO3. The third-order valence-corrected chi connectivity index (χ3v) is 1.92. The Bertz CT molecular complexity index is 487. The second-order valence-corrected chi connectivity index (χ2v) is 3.08. The zero-order valence-electron chi connectivity index (χ0n) is 7.36. The van der Waals surface area contributed by atoms with Gasteiger partial charge in [-0.05, 0) is 18.2 Å². The highest BCUT2D eigenvalue weighted by Crippen LogP contribution is 2.21. The highest BCUT2D eigenvalue weighted by molar-refractivity contribution is 5.82. The second-order valence-electron chi connectivity index (χ2n) is 3.08. The summed E-state index contributed by atoms with van der Waals surface area (Å²) in [4.78, 5) is 10.4. The van der Waals surface area contributed by atoms with E-state index in [4.69, 9.17) is 15.3 Å². The van der Waals surface area contributed by atoms with Crippen LogP contribution in [0.15, 0.2) is 28.7 Å². The van der Waals surface area contributed by atoms with E-state index in [9.17, 15) is 4.79 Å². The standard InChI is InChI=1S/C10H9NO3/c11-7-2-1-6-3-8(5-10(12)13)14-9(6)4-7/h1-4H,5,11H2,(H,12,13). The lowest BCUT2D eigenvalue weighted by atomic mass is 10.2. The molecule has 0 aliphatic rings. The van der Waals surface area contributed by atoms with Crippen LogP contribution in [0.5, 0.6) is 0 Å². The molecule has 72 valence electrons. The SMILES string of the molecule is Nc1ccc2cc(CC(=O)O)oc2c1. The van der Waals surface area contributed by atoms with Gasteiger partial charge in [-0.2, -0.15) is 0 Å². The van der Waals surface area contributed by atoms with Crippen LogP contribution in [0, 0.1) is 0 Å². The third-order valence-electron chi connectivity index (χ3n) is 1.92. The molecule has 0 saturated heterocycles. The molecule has 0 saturated carbocycles. The van der Waals surface area contributed by atoms with Gasteiger partial charge in [0, 0.05) is 17.1 Å². The first-order chi connectivity index (χ1) is 6.65. The van der Waals surface area contributed by atoms with Crippen LogP contribution in [0.1, 0.15) is 5.76 Å². The molecule has 0 unspecified atom stereocenters. The number of nitrogen functional groups attached to an aromatic ring is 1. The molecule has 4 nitrogen and oxygen atoms in total. The molecule has 0 spiro atoms. The van der Waals surface area contributed by atoms with Gasteiger partial charge in [0.1, 0.15) is 17.8 Å². The average Bonchev–Trinajstić information content (AvgIpc) is 2.44. The number of furan rings is 1. The maximum atomic E-state index is 10.4. The van der Waals surface area contributed by atoms with Crippen LogP contribution in [-0.2, 0) is 11.2 Å². The summed E-state index contributed by atoms with van der Waals surface area (Å²) in [5.74, 6) is -0.463. The van der Waals surface area contributed by atoms with Crippen LogP contribution in [-0.4, -0.2) is 11.1 Å². The van der Waals surface area contributed by atoms with Crippen molar-refractivity contribution in [1.82, 2.24) is 0 Å². The summed E-state index contributed by atoms with van der Waals surface area (Å²) < 4.78 is 5.30. The summed E-state index contributed by atoms with van der Waals surface area (Å²) >= 11 is 0. The molecule has 0 amide bonds. The molecule has 2 rings (SSSR count). The maximum Gasteiger partial charge on any atom is 0.311 e. The summed E-state index contributed by atoms with van der Waals surface area (Å²) in [5, 5.41) is 9.43. The van der Waals surface area contributed by atoms with Crippen molar-refractivity contribution < 1.29 is 14.3 Å². The number of rotatable bonds is 2. The Hall–Kier alpha value is -1.97. The number of anilines is 1. The van der Waals surface area contributed by atoms with Gasteiger partial charge >= 0.3 is 5.97 Å². The number of benzene rings is 1. The quantitative estimate of drug-likeness (QED) is 0.707. The highest BCUT2D eigenvalue weighted by Gasteiger charge is 2.07. The largest absolute Gasteiger partial charge is 0.481 e. The van der Waals surface area contributed by atoms with Crippen molar-refractivity contribution in [2.45, 2.75) is 6.42 Å². The lowest BCUT2D eigenvalue weighted by Crippen LogP contribution is -1.97. The van der Waals surface area contributed by atoms with Crippen molar-refractivity contribution >= 4 is 22.6 Å². The second kappa shape index (κ2) is 3.06. The Kier molecular flexibility index (Phi) is 1.89. The summed E-state index contributed by atoms with van der Waals surface area (Å²) in [7, 11) is 0. The number of hydrogen-bond donors (Lipinski definition) is 2. The van der Waals surface area contributed by atoms with E-state index in [-0.39, 0.29) is 6.42 Å². The van der Waals surface area contributed by atoms with Crippen LogP contribution in [0.4, 0.5) is 5.69 Å². The van der Waals surface area contributed by atoms with E-state index in [0.29, 0.717) is 17.0 Å². The molecular weight excluding hydrogens is 182 g/mol. The smallest absolute Gasteiger partial charge is 0.311 e. The van der Waals surface area contributed by atoms with Crippen LogP contribution < -0.4 is 5.73 Å². The summed E-state index contributed by atoms with van der Waals surface area (Å²) in [6.07, 6.45) is -0.103. The van der Waals surface area contributed by atoms with Crippen molar-refractivity contribution in [2.75, 3.05) is 5.73 Å². The van der Waals surface area contributed by atoms with Crippen molar-refractivity contribution in [3.05, 3.63) is 30.0 Å². The van der Waals surface area contributed by atoms with E-state index in [1.165, 1.54) is 0 Å². The molecule has 1 aromatic carbocycles. The Morgan fingerprint density at radius 1 is 1.43 bits per heavy atom. The molecule has 1 aromatic heterocycles. The number of hydrogen-bond acceptors (Lipinski definition) is 3. The molecule has 0 aliphatic heterocycles. The zero-order chi connectivity index (χ0) is 10.1. The molecule has 0 fully saturated rings. The van der Waals surface area contributed by atoms with E-state index in [2.05, 4.69) is 0 Å². The monoisotopic (exact) mass is 191 g/mol. The van der Waals surface area contributed by atoms with E-state index in [0.717, 1.165) is 5.39 Å². The van der Waals surface area contributed by atoms with Crippen LogP contribution in [0.25, 0.3) is 11.0 Å². The van der Waals surface area contributed by atoms with Gasteiger partial charge in [0.15, 0.2) is 0 Å². The van der Waals surface area contributed by atoms with E-state index < -0.39 is 5.97 Å². The fourth-order valence-corrected chi connectivity index (χ4v) is 1.34. The van der Waals surface area contributed by atoms with Crippen LogP contribution in [0.3, 0.4) is 0 Å². The minimum atomic E-state index is -0.906. The first-order valence-corrected chi connectivity index (χ1v) is 4.15. The number of aliphatic carboxylic acids is 1. The lowest BCUT2D eigenvalue weighted by Gasteiger charge is -1.90. The van der Waals surface area contributed by atoms with Crippen LogP contribution >= 0.6 is 0 Å². The maximum absolute atomic E-state index is 10.4. The Labute approximate surface area is 79.9 Å². The molecule has 2 aromatic rings. The minimum Gasteiger partial charge on any atom is -0.481 e. The molecule has 0 radical (unpaired) electrons. The molecule has 0 bridgehead atoms. The van der Waals surface area contributed by atoms with E-state index in [1.54, 1.807) is 24.3 Å². The van der Waals surface area contributed by atoms with Crippen molar-refractivity contribution in [3.8, 4) is 0 Å². The average molecular weight is 191 g/mol. The number of carboxylic acid groups (broad SMARTS) is 1. The third kappa shape index (κ3) is 1.54. The molecule has 14 heavy (non-hydrogen) atoms. The predicted molar refractivity (Wildman–Crippen MR) is 52.0 cm³/mol. The topological polar surface area (TPSA) is 76.5 Å². The van der Waals surface area contributed by atoms with Gasteiger partial charge in [-0.25, -0.2) is 0 Å². The fraction of sp³-hybridized carbons (Fsp3) is 0.100. The number of carbonyl (C=O) groups is 1. The summed E-state index contributed by atoms with van der Waals surface area (Å²) in [5.41, 5.74) is 6.79. The van der Waals surface area contributed by atoms with E-state index in [1.807, 2.05) is 0 Å². The van der Waals surface area contributed by atoms with Crippen molar-refractivity contribution in [1.29, 1.82) is 0 Å². The number of fused-ring (bicyclic) bond motifs is 1. The minimum absolute atomic E-state index is 0.103. The van der Waals surface area contributed by atoms with Gasteiger partial charge in [0.05, 0.1) is 0 Å². The van der Waals surface area contributed by atoms with Gasteiger partial charge < -0.3 is 15.3 Å². The van der Waals surface area contributed by atoms with E-state index >= 15 is 0 Å². The normalized spacial score (nSPS) is 10.6. The molecule has 3 N–H and O–H groups in total. The highest BCUT2D eigenvalue weighted by atomic mass is 16.4. The summed E-state index contributed by atoms with van der Waals surface area (Å²) in [6, 6.07) is 6.95. The van der Waals surface area contributed by atoms with Crippen molar-refractivity contribution in [3.63, 3.8) is 0 Å².